The molecule has 0 radical (unpaired) electrons. The van der Waals surface area contributed by atoms with E-state index >= 15 is 0 Å². The fourth-order valence-corrected chi connectivity index (χ4v) is 3.14. The van der Waals surface area contributed by atoms with Crippen LogP contribution in [0.4, 0.5) is 0 Å². The smallest absolute Gasteiger partial charge is 0.343 e. The zero-order valence-electron chi connectivity index (χ0n) is 16.4. The van der Waals surface area contributed by atoms with Gasteiger partial charge in [-0.1, -0.05) is 12.1 Å². The summed E-state index contributed by atoms with van der Waals surface area (Å²) in [5.74, 6) is 2.16. The van der Waals surface area contributed by atoms with Crippen molar-refractivity contribution in [1.29, 1.82) is 0 Å². The summed E-state index contributed by atoms with van der Waals surface area (Å²) < 4.78 is 22.3. The van der Waals surface area contributed by atoms with Gasteiger partial charge in [-0.25, -0.2) is 4.79 Å². The minimum atomic E-state index is -0.435. The molecule has 3 rings (SSSR count). The molecule has 0 heterocycles. The maximum atomic E-state index is 12.6. The monoisotopic (exact) mass is 456 g/mol. The van der Waals surface area contributed by atoms with Gasteiger partial charge < -0.3 is 18.9 Å². The molecule has 150 valence electrons. The van der Waals surface area contributed by atoms with Crippen molar-refractivity contribution in [2.45, 2.75) is 13.5 Å². The number of hydrogen-bond donors (Lipinski definition) is 0. The van der Waals surface area contributed by atoms with E-state index in [0.29, 0.717) is 29.4 Å². The topological polar surface area (TPSA) is 54.0 Å². The molecule has 3 aromatic rings. The first-order valence-corrected chi connectivity index (χ1v) is 9.72. The third-order valence-electron chi connectivity index (χ3n) is 4.39. The van der Waals surface area contributed by atoms with E-state index in [1.54, 1.807) is 50.6 Å². The van der Waals surface area contributed by atoms with Crippen molar-refractivity contribution in [2.24, 2.45) is 0 Å². The van der Waals surface area contributed by atoms with Crippen molar-refractivity contribution in [1.82, 2.24) is 0 Å². The lowest BCUT2D eigenvalue weighted by Crippen LogP contribution is -2.11. The fraction of sp³-hybridized carbons (Fsp3) is 0.174. The summed E-state index contributed by atoms with van der Waals surface area (Å²) in [6.45, 7) is 2.24. The Kier molecular flexibility index (Phi) is 6.77. The van der Waals surface area contributed by atoms with Gasteiger partial charge in [0.2, 0.25) is 0 Å². The molecule has 3 aromatic carbocycles. The second-order valence-electron chi connectivity index (χ2n) is 6.25. The first kappa shape index (κ1) is 20.7. The second kappa shape index (κ2) is 9.47. The molecule has 0 aliphatic carbocycles. The number of halogens is 1. The van der Waals surface area contributed by atoms with Gasteiger partial charge in [-0.15, -0.1) is 0 Å². The molecule has 0 aliphatic heterocycles. The summed E-state index contributed by atoms with van der Waals surface area (Å²) in [7, 11) is 3.22. The molecule has 0 atom stereocenters. The third kappa shape index (κ3) is 5.09. The van der Waals surface area contributed by atoms with Gasteiger partial charge >= 0.3 is 5.97 Å². The van der Waals surface area contributed by atoms with Crippen molar-refractivity contribution < 1.29 is 23.7 Å². The number of hydrogen-bond acceptors (Lipinski definition) is 5. The fourth-order valence-electron chi connectivity index (χ4n) is 2.68. The number of methoxy groups -OCH3 is 2. The predicted octanol–water partition coefficient (Wildman–Crippen LogP) is 5.57. The lowest BCUT2D eigenvalue weighted by Gasteiger charge is -2.13. The first-order chi connectivity index (χ1) is 14.0. The van der Waals surface area contributed by atoms with Crippen LogP contribution in [0.1, 0.15) is 21.5 Å². The van der Waals surface area contributed by atoms with Crippen LogP contribution >= 0.6 is 15.9 Å². The van der Waals surface area contributed by atoms with Crippen LogP contribution in [-0.2, 0) is 6.61 Å². The van der Waals surface area contributed by atoms with Crippen molar-refractivity contribution in [3.63, 3.8) is 0 Å². The van der Waals surface area contributed by atoms with Gasteiger partial charge in [0.25, 0.3) is 0 Å². The zero-order chi connectivity index (χ0) is 20.8. The van der Waals surface area contributed by atoms with Gasteiger partial charge in [-0.2, -0.15) is 0 Å². The Morgan fingerprint density at radius 1 is 0.828 bits per heavy atom. The molecule has 5 nitrogen and oxygen atoms in total. The molecule has 0 saturated carbocycles. The van der Waals surface area contributed by atoms with Crippen LogP contribution in [0.3, 0.4) is 0 Å². The summed E-state index contributed by atoms with van der Waals surface area (Å²) in [6.07, 6.45) is 0. The number of esters is 1. The maximum absolute atomic E-state index is 12.6. The molecule has 6 heteroatoms. The molecule has 0 unspecified atom stereocenters. The van der Waals surface area contributed by atoms with Crippen molar-refractivity contribution in [3.8, 4) is 23.0 Å². The molecule has 0 bridgehead atoms. The van der Waals surface area contributed by atoms with Crippen molar-refractivity contribution >= 4 is 21.9 Å². The van der Waals surface area contributed by atoms with Crippen molar-refractivity contribution in [2.75, 3.05) is 14.2 Å². The zero-order valence-corrected chi connectivity index (χ0v) is 18.0. The molecule has 0 saturated heterocycles. The number of carbonyl (C=O) groups is 1. The molecule has 0 amide bonds. The molecule has 0 spiro atoms. The summed E-state index contributed by atoms with van der Waals surface area (Å²) in [5.41, 5.74) is 2.22. The Balaban J connectivity index is 1.69. The lowest BCUT2D eigenvalue weighted by atomic mass is 10.1. The summed E-state index contributed by atoms with van der Waals surface area (Å²) in [4.78, 5) is 12.6. The molecular formula is C23H21BrO5. The average molecular weight is 457 g/mol. The van der Waals surface area contributed by atoms with E-state index in [2.05, 4.69) is 15.9 Å². The van der Waals surface area contributed by atoms with Crippen molar-refractivity contribution in [3.05, 3.63) is 81.8 Å². The second-order valence-corrected chi connectivity index (χ2v) is 7.05. The number of benzene rings is 3. The summed E-state index contributed by atoms with van der Waals surface area (Å²) in [6, 6.07) is 18.0. The standard InChI is InChI=1S/C23H21BrO5/c1-15-20(23(25)29-19-10-8-18(27-3)9-11-19)12-13-21(22(15)24)28-14-16-4-6-17(26-2)7-5-16/h4-13H,14H2,1-3H3. The highest BCUT2D eigenvalue weighted by atomic mass is 79.9. The molecule has 0 aliphatic rings. The van der Waals surface area contributed by atoms with Crippen LogP contribution in [0.2, 0.25) is 0 Å². The van der Waals surface area contributed by atoms with Crippen LogP contribution in [0.5, 0.6) is 23.0 Å². The van der Waals surface area contributed by atoms with Gasteiger partial charge in [-0.3, -0.25) is 0 Å². The highest BCUT2D eigenvalue weighted by Crippen LogP contribution is 2.32. The Morgan fingerprint density at radius 2 is 1.38 bits per heavy atom. The molecule has 0 fully saturated rings. The molecule has 0 aromatic heterocycles. The molecule has 29 heavy (non-hydrogen) atoms. The van der Waals surface area contributed by atoms with E-state index in [1.165, 1.54) is 0 Å². The Labute approximate surface area is 178 Å². The van der Waals surface area contributed by atoms with E-state index in [-0.39, 0.29) is 0 Å². The van der Waals surface area contributed by atoms with E-state index in [0.717, 1.165) is 21.3 Å². The van der Waals surface area contributed by atoms with Gasteiger partial charge in [0.15, 0.2) is 0 Å². The lowest BCUT2D eigenvalue weighted by molar-refractivity contribution is 0.0733. The van der Waals surface area contributed by atoms with Crippen LogP contribution in [0.15, 0.2) is 65.1 Å². The molecular weight excluding hydrogens is 436 g/mol. The van der Waals surface area contributed by atoms with Gasteiger partial charge in [-0.05, 0) is 82.5 Å². The van der Waals surface area contributed by atoms with E-state index in [4.69, 9.17) is 18.9 Å². The summed E-state index contributed by atoms with van der Waals surface area (Å²) >= 11 is 3.53. The van der Waals surface area contributed by atoms with Gasteiger partial charge in [0.05, 0.1) is 24.3 Å². The SMILES string of the molecule is COc1ccc(COc2ccc(C(=O)Oc3ccc(OC)cc3)c(C)c2Br)cc1. The largest absolute Gasteiger partial charge is 0.497 e. The van der Waals surface area contributed by atoms with Crippen LogP contribution < -0.4 is 18.9 Å². The van der Waals surface area contributed by atoms with Crippen LogP contribution in [-0.4, -0.2) is 20.2 Å². The van der Waals surface area contributed by atoms with Gasteiger partial charge in [0.1, 0.15) is 29.6 Å². The Bertz CT molecular complexity index is 981. The Hall–Kier alpha value is -2.99. The van der Waals surface area contributed by atoms with E-state index in [1.807, 2.05) is 31.2 Å². The molecule has 0 N–H and O–H groups in total. The maximum Gasteiger partial charge on any atom is 0.343 e. The normalized spacial score (nSPS) is 10.3. The summed E-state index contributed by atoms with van der Waals surface area (Å²) in [5, 5.41) is 0. The van der Waals surface area contributed by atoms with E-state index < -0.39 is 5.97 Å². The van der Waals surface area contributed by atoms with Gasteiger partial charge in [0, 0.05) is 0 Å². The number of ether oxygens (including phenoxy) is 4. The minimum absolute atomic E-state index is 0.400. The van der Waals surface area contributed by atoms with Crippen LogP contribution in [0, 0.1) is 6.92 Å². The third-order valence-corrected chi connectivity index (χ3v) is 5.38. The quantitative estimate of drug-likeness (QED) is 0.343. The number of carbonyl (C=O) groups excluding carboxylic acids is 1. The van der Waals surface area contributed by atoms with Crippen LogP contribution in [0.25, 0.3) is 0 Å². The minimum Gasteiger partial charge on any atom is -0.497 e. The highest BCUT2D eigenvalue weighted by Gasteiger charge is 2.17. The number of rotatable bonds is 7. The Morgan fingerprint density at radius 3 is 1.97 bits per heavy atom. The highest BCUT2D eigenvalue weighted by molar-refractivity contribution is 9.10. The van der Waals surface area contributed by atoms with E-state index in [9.17, 15) is 4.79 Å². The average Bonchev–Trinajstić information content (AvgIpc) is 2.75. The predicted molar refractivity (Wildman–Crippen MR) is 114 cm³/mol. The first-order valence-electron chi connectivity index (χ1n) is 8.93.